The first-order valence-electron chi connectivity index (χ1n) is 13.8. The number of hydrogen-bond acceptors (Lipinski definition) is 3. The normalized spacial score (nSPS) is 20.8. The van der Waals surface area contributed by atoms with Crippen molar-refractivity contribution in [2.45, 2.75) is 143 Å². The Morgan fingerprint density at radius 1 is 0.781 bits per heavy atom. The summed E-state index contributed by atoms with van der Waals surface area (Å²) < 4.78 is 6.17. The number of ether oxygens (including phenoxy) is 1. The van der Waals surface area contributed by atoms with Gasteiger partial charge in [0.05, 0.1) is 11.8 Å². The highest BCUT2D eigenvalue weighted by molar-refractivity contribution is 5.81. The Morgan fingerprint density at radius 3 is 1.97 bits per heavy atom. The molecule has 0 aliphatic heterocycles. The lowest BCUT2D eigenvalue weighted by molar-refractivity contribution is -0.166. The number of carbonyl (C=O) groups excluding carboxylic acids is 1. The first-order chi connectivity index (χ1) is 15.4. The minimum atomic E-state index is -0.836. The van der Waals surface area contributed by atoms with Crippen LogP contribution in [0.4, 0.5) is 0 Å². The molecule has 0 aromatic carbocycles. The standard InChI is InChI=1S/C28H52O4/c1-5-7-11-18-23(16-6-2)26(21-13-10-8-9-12-17-22(3)4)32-28(31)25-20-15-14-19-24(25)27(29)30/h22-26H,5-21H2,1-4H3,(H,29,30). The highest BCUT2D eigenvalue weighted by atomic mass is 16.5. The van der Waals surface area contributed by atoms with Crippen molar-refractivity contribution in [3.8, 4) is 0 Å². The van der Waals surface area contributed by atoms with Gasteiger partial charge in [-0.25, -0.2) is 0 Å². The van der Waals surface area contributed by atoms with Crippen molar-refractivity contribution >= 4 is 11.9 Å². The van der Waals surface area contributed by atoms with E-state index in [1.54, 1.807) is 0 Å². The second-order valence-corrected chi connectivity index (χ2v) is 10.6. The number of carbonyl (C=O) groups is 2. The molecule has 0 aromatic heterocycles. The van der Waals surface area contributed by atoms with Crippen molar-refractivity contribution in [1.29, 1.82) is 0 Å². The van der Waals surface area contributed by atoms with Crippen LogP contribution in [0, 0.1) is 23.7 Å². The lowest BCUT2D eigenvalue weighted by atomic mass is 9.79. The highest BCUT2D eigenvalue weighted by Gasteiger charge is 2.38. The first-order valence-corrected chi connectivity index (χ1v) is 13.8. The maximum atomic E-state index is 13.1. The van der Waals surface area contributed by atoms with Crippen molar-refractivity contribution in [2.24, 2.45) is 23.7 Å². The van der Waals surface area contributed by atoms with Gasteiger partial charge in [-0.05, 0) is 50.4 Å². The van der Waals surface area contributed by atoms with Gasteiger partial charge in [-0.2, -0.15) is 0 Å². The molecule has 0 amide bonds. The van der Waals surface area contributed by atoms with Crippen LogP contribution in [0.25, 0.3) is 0 Å². The molecule has 1 saturated carbocycles. The maximum Gasteiger partial charge on any atom is 0.310 e. The van der Waals surface area contributed by atoms with Gasteiger partial charge in [0.1, 0.15) is 6.10 Å². The minimum absolute atomic E-state index is 0.0497. The number of unbranched alkanes of at least 4 members (excludes halogenated alkanes) is 6. The average Bonchev–Trinajstić information content (AvgIpc) is 2.76. The number of rotatable bonds is 18. The van der Waals surface area contributed by atoms with Crippen LogP contribution < -0.4 is 0 Å². The van der Waals surface area contributed by atoms with E-state index in [0.29, 0.717) is 18.8 Å². The SMILES string of the molecule is CCCCCC(CCC)C(CCCCCCCC(C)C)OC(=O)C1CCCCC1C(=O)O. The molecule has 1 N–H and O–H groups in total. The van der Waals surface area contributed by atoms with Crippen molar-refractivity contribution in [1.82, 2.24) is 0 Å². The van der Waals surface area contributed by atoms with E-state index >= 15 is 0 Å². The van der Waals surface area contributed by atoms with Crippen LogP contribution in [0.2, 0.25) is 0 Å². The summed E-state index contributed by atoms with van der Waals surface area (Å²) in [6, 6.07) is 0. The van der Waals surface area contributed by atoms with Crippen LogP contribution in [0.15, 0.2) is 0 Å². The summed E-state index contributed by atoms with van der Waals surface area (Å²) in [7, 11) is 0. The van der Waals surface area contributed by atoms with Gasteiger partial charge >= 0.3 is 11.9 Å². The second-order valence-electron chi connectivity index (χ2n) is 10.6. The summed E-state index contributed by atoms with van der Waals surface area (Å²) in [6.45, 7) is 9.00. The molecule has 0 spiro atoms. The molecular weight excluding hydrogens is 400 g/mol. The average molecular weight is 453 g/mol. The van der Waals surface area contributed by atoms with E-state index in [9.17, 15) is 14.7 Å². The molecule has 1 aliphatic rings. The fourth-order valence-electron chi connectivity index (χ4n) is 5.31. The van der Waals surface area contributed by atoms with E-state index < -0.39 is 17.8 Å². The lowest BCUT2D eigenvalue weighted by Gasteiger charge is -2.32. The van der Waals surface area contributed by atoms with Crippen LogP contribution in [0.3, 0.4) is 0 Å². The summed E-state index contributed by atoms with van der Waals surface area (Å²) in [5.41, 5.74) is 0. The third-order valence-corrected chi connectivity index (χ3v) is 7.29. The van der Waals surface area contributed by atoms with Crippen molar-refractivity contribution in [2.75, 3.05) is 0 Å². The van der Waals surface area contributed by atoms with Crippen LogP contribution >= 0.6 is 0 Å². The molecule has 0 aromatic rings. The van der Waals surface area contributed by atoms with Crippen molar-refractivity contribution in [3.63, 3.8) is 0 Å². The molecule has 1 fully saturated rings. The zero-order valence-corrected chi connectivity index (χ0v) is 21.6. The van der Waals surface area contributed by atoms with Crippen LogP contribution in [-0.4, -0.2) is 23.1 Å². The summed E-state index contributed by atoms with van der Waals surface area (Å²) >= 11 is 0. The third kappa shape index (κ3) is 11.7. The Bertz CT molecular complexity index is 502. The lowest BCUT2D eigenvalue weighted by Crippen LogP contribution is -2.37. The van der Waals surface area contributed by atoms with Gasteiger partial charge in [0, 0.05) is 0 Å². The van der Waals surface area contributed by atoms with Crippen molar-refractivity contribution in [3.05, 3.63) is 0 Å². The summed E-state index contributed by atoms with van der Waals surface area (Å²) in [5.74, 6) is -0.914. The Hall–Kier alpha value is -1.06. The van der Waals surface area contributed by atoms with E-state index in [1.807, 2.05) is 0 Å². The van der Waals surface area contributed by atoms with E-state index in [0.717, 1.165) is 50.9 Å². The number of esters is 1. The minimum Gasteiger partial charge on any atom is -0.481 e. The van der Waals surface area contributed by atoms with Crippen LogP contribution in [0.1, 0.15) is 137 Å². The van der Waals surface area contributed by atoms with E-state index in [4.69, 9.17) is 4.74 Å². The Morgan fingerprint density at radius 2 is 1.38 bits per heavy atom. The van der Waals surface area contributed by atoms with Crippen molar-refractivity contribution < 1.29 is 19.4 Å². The second kappa shape index (κ2) is 17.4. The molecule has 0 radical (unpaired) electrons. The summed E-state index contributed by atoms with van der Waals surface area (Å²) in [4.78, 5) is 24.8. The molecular formula is C28H52O4. The van der Waals surface area contributed by atoms with Gasteiger partial charge in [-0.3, -0.25) is 9.59 Å². The monoisotopic (exact) mass is 452 g/mol. The Kier molecular flexibility index (Phi) is 15.8. The largest absolute Gasteiger partial charge is 0.481 e. The number of aliphatic carboxylic acids is 1. The fraction of sp³-hybridized carbons (Fsp3) is 0.929. The first kappa shape index (κ1) is 29.0. The van der Waals surface area contributed by atoms with Gasteiger partial charge < -0.3 is 9.84 Å². The summed E-state index contributed by atoms with van der Waals surface area (Å²) in [5, 5.41) is 9.60. The molecule has 0 bridgehead atoms. The third-order valence-electron chi connectivity index (χ3n) is 7.29. The predicted molar refractivity (Wildman–Crippen MR) is 133 cm³/mol. The number of hydrogen-bond donors (Lipinski definition) is 1. The van der Waals surface area contributed by atoms with E-state index in [-0.39, 0.29) is 12.1 Å². The van der Waals surface area contributed by atoms with Crippen LogP contribution in [0.5, 0.6) is 0 Å². The van der Waals surface area contributed by atoms with Crippen LogP contribution in [-0.2, 0) is 14.3 Å². The van der Waals surface area contributed by atoms with Gasteiger partial charge in [0.2, 0.25) is 0 Å². The molecule has 1 rings (SSSR count). The molecule has 4 unspecified atom stereocenters. The van der Waals surface area contributed by atoms with E-state index in [2.05, 4.69) is 27.7 Å². The van der Waals surface area contributed by atoms with Gasteiger partial charge in [-0.1, -0.05) is 98.3 Å². The molecule has 32 heavy (non-hydrogen) atoms. The van der Waals surface area contributed by atoms with Gasteiger partial charge in [0.15, 0.2) is 0 Å². The number of carboxylic acid groups (broad SMARTS) is 1. The Labute approximate surface area is 198 Å². The quantitative estimate of drug-likeness (QED) is 0.168. The topological polar surface area (TPSA) is 63.6 Å². The zero-order valence-electron chi connectivity index (χ0n) is 21.6. The van der Waals surface area contributed by atoms with E-state index in [1.165, 1.54) is 51.4 Å². The predicted octanol–water partition coefficient (Wildman–Crippen LogP) is 8.17. The maximum absolute atomic E-state index is 13.1. The highest BCUT2D eigenvalue weighted by Crippen LogP contribution is 2.33. The molecule has 0 heterocycles. The zero-order chi connectivity index (χ0) is 23.8. The fourth-order valence-corrected chi connectivity index (χ4v) is 5.31. The van der Waals surface area contributed by atoms with Gasteiger partial charge in [0.25, 0.3) is 0 Å². The number of carboxylic acids is 1. The molecule has 188 valence electrons. The molecule has 4 nitrogen and oxygen atoms in total. The Balaban J connectivity index is 2.69. The summed E-state index contributed by atoms with van der Waals surface area (Å²) in [6.07, 6.45) is 18.3. The molecule has 1 aliphatic carbocycles. The smallest absolute Gasteiger partial charge is 0.310 e. The molecule has 4 heteroatoms. The van der Waals surface area contributed by atoms with Gasteiger partial charge in [-0.15, -0.1) is 0 Å². The molecule has 0 saturated heterocycles. The molecule has 4 atom stereocenters.